The van der Waals surface area contributed by atoms with Crippen LogP contribution in [-0.4, -0.2) is 40.1 Å². The largest absolute Gasteiger partial charge is 0.480 e. The van der Waals surface area contributed by atoms with E-state index in [2.05, 4.69) is 15.3 Å². The lowest BCUT2D eigenvalue weighted by molar-refractivity contribution is -0.144. The SMILES string of the molecule is CCC(C(=O)O)N1CCCC(c2nc(C)cs2)C1. The van der Waals surface area contributed by atoms with Crippen molar-refractivity contribution in [2.75, 3.05) is 13.1 Å². The monoisotopic (exact) mass is 268 g/mol. The van der Waals surface area contributed by atoms with Gasteiger partial charge in [-0.25, -0.2) is 4.98 Å². The van der Waals surface area contributed by atoms with Crippen LogP contribution in [-0.2, 0) is 4.79 Å². The first-order valence-electron chi connectivity index (χ1n) is 6.50. The molecule has 1 aliphatic heterocycles. The quantitative estimate of drug-likeness (QED) is 0.911. The number of aryl methyl sites for hydroxylation is 1. The molecule has 1 saturated heterocycles. The Morgan fingerprint density at radius 2 is 2.50 bits per heavy atom. The maximum atomic E-state index is 11.2. The molecular formula is C13H20N2O2S. The van der Waals surface area contributed by atoms with E-state index < -0.39 is 5.97 Å². The molecule has 1 aromatic heterocycles. The molecule has 0 aromatic carbocycles. The van der Waals surface area contributed by atoms with Gasteiger partial charge >= 0.3 is 5.97 Å². The third kappa shape index (κ3) is 2.90. The normalized spacial score (nSPS) is 22.9. The molecule has 4 nitrogen and oxygen atoms in total. The number of likely N-dealkylation sites (tertiary alicyclic amines) is 1. The van der Waals surface area contributed by atoms with E-state index >= 15 is 0 Å². The highest BCUT2D eigenvalue weighted by Gasteiger charge is 2.30. The lowest BCUT2D eigenvalue weighted by Gasteiger charge is -2.35. The maximum absolute atomic E-state index is 11.2. The number of hydrogen-bond donors (Lipinski definition) is 1. The number of carboxylic acid groups (broad SMARTS) is 1. The van der Waals surface area contributed by atoms with E-state index in [4.69, 9.17) is 0 Å². The first-order valence-corrected chi connectivity index (χ1v) is 7.38. The second-order valence-corrected chi connectivity index (χ2v) is 5.81. The van der Waals surface area contributed by atoms with Crippen molar-refractivity contribution in [1.29, 1.82) is 0 Å². The highest BCUT2D eigenvalue weighted by Crippen LogP contribution is 2.30. The van der Waals surface area contributed by atoms with Gasteiger partial charge in [0.2, 0.25) is 0 Å². The molecule has 1 fully saturated rings. The van der Waals surface area contributed by atoms with Crippen LogP contribution in [0.1, 0.15) is 42.8 Å². The molecule has 18 heavy (non-hydrogen) atoms. The van der Waals surface area contributed by atoms with Gasteiger partial charge in [-0.1, -0.05) is 6.92 Å². The minimum absolute atomic E-state index is 0.339. The van der Waals surface area contributed by atoms with E-state index in [-0.39, 0.29) is 6.04 Å². The van der Waals surface area contributed by atoms with Crippen LogP contribution in [0.25, 0.3) is 0 Å². The number of carbonyl (C=O) groups is 1. The van der Waals surface area contributed by atoms with Gasteiger partial charge in [0.25, 0.3) is 0 Å². The summed E-state index contributed by atoms with van der Waals surface area (Å²) in [6.45, 7) is 5.67. The Labute approximate surface area is 112 Å². The number of nitrogens with zero attached hydrogens (tertiary/aromatic N) is 2. The van der Waals surface area contributed by atoms with Gasteiger partial charge < -0.3 is 5.11 Å². The zero-order chi connectivity index (χ0) is 13.1. The summed E-state index contributed by atoms with van der Waals surface area (Å²) >= 11 is 1.70. The highest BCUT2D eigenvalue weighted by atomic mass is 32.1. The lowest BCUT2D eigenvalue weighted by Crippen LogP contribution is -2.45. The number of rotatable bonds is 4. The summed E-state index contributed by atoms with van der Waals surface area (Å²) in [7, 11) is 0. The van der Waals surface area contributed by atoms with Crippen molar-refractivity contribution in [1.82, 2.24) is 9.88 Å². The van der Waals surface area contributed by atoms with E-state index in [0.29, 0.717) is 12.3 Å². The van der Waals surface area contributed by atoms with E-state index in [1.54, 1.807) is 11.3 Å². The van der Waals surface area contributed by atoms with Gasteiger partial charge in [-0.3, -0.25) is 9.69 Å². The molecule has 1 aromatic rings. The molecule has 1 aliphatic rings. The van der Waals surface area contributed by atoms with Crippen LogP contribution < -0.4 is 0 Å². The van der Waals surface area contributed by atoms with Crippen LogP contribution in [0.2, 0.25) is 0 Å². The van der Waals surface area contributed by atoms with Crippen LogP contribution >= 0.6 is 11.3 Å². The number of hydrogen-bond acceptors (Lipinski definition) is 4. The van der Waals surface area contributed by atoms with Crippen molar-refractivity contribution in [2.45, 2.75) is 45.1 Å². The minimum Gasteiger partial charge on any atom is -0.480 e. The molecule has 0 bridgehead atoms. The van der Waals surface area contributed by atoms with Crippen LogP contribution in [0.4, 0.5) is 0 Å². The van der Waals surface area contributed by atoms with Gasteiger partial charge in [0.1, 0.15) is 6.04 Å². The van der Waals surface area contributed by atoms with Gasteiger partial charge in [-0.15, -0.1) is 11.3 Å². The Kier molecular flexibility index (Phi) is 4.35. The molecule has 1 N–H and O–H groups in total. The van der Waals surface area contributed by atoms with Gasteiger partial charge in [-0.2, -0.15) is 0 Å². The summed E-state index contributed by atoms with van der Waals surface area (Å²) in [6, 6.07) is -0.339. The first kappa shape index (κ1) is 13.5. The average Bonchev–Trinajstić information content (AvgIpc) is 2.77. The molecule has 0 aliphatic carbocycles. The summed E-state index contributed by atoms with van der Waals surface area (Å²) in [5.41, 5.74) is 1.07. The van der Waals surface area contributed by atoms with E-state index in [0.717, 1.165) is 36.6 Å². The van der Waals surface area contributed by atoms with Crippen molar-refractivity contribution in [3.8, 4) is 0 Å². The molecule has 2 unspecified atom stereocenters. The summed E-state index contributed by atoms with van der Waals surface area (Å²) in [5.74, 6) is -0.292. The van der Waals surface area contributed by atoms with Crippen molar-refractivity contribution in [2.24, 2.45) is 0 Å². The fraction of sp³-hybridized carbons (Fsp3) is 0.692. The average molecular weight is 268 g/mol. The van der Waals surface area contributed by atoms with Crippen molar-refractivity contribution in [3.63, 3.8) is 0 Å². The molecule has 0 radical (unpaired) electrons. The van der Waals surface area contributed by atoms with Gasteiger partial charge in [-0.05, 0) is 32.7 Å². The molecule has 0 saturated carbocycles. The third-order valence-electron chi connectivity index (χ3n) is 3.55. The predicted octanol–water partition coefficient (Wildman–Crippen LogP) is 2.49. The second-order valence-electron chi connectivity index (χ2n) is 4.92. The number of aliphatic carboxylic acids is 1. The smallest absolute Gasteiger partial charge is 0.320 e. The third-order valence-corrected chi connectivity index (χ3v) is 4.68. The van der Waals surface area contributed by atoms with Crippen molar-refractivity contribution >= 4 is 17.3 Å². The van der Waals surface area contributed by atoms with Crippen LogP contribution in [0.5, 0.6) is 0 Å². The van der Waals surface area contributed by atoms with E-state index in [1.165, 1.54) is 0 Å². The fourth-order valence-electron chi connectivity index (χ4n) is 2.64. The van der Waals surface area contributed by atoms with Crippen LogP contribution in [0, 0.1) is 6.92 Å². The molecular weight excluding hydrogens is 248 g/mol. The standard InChI is InChI=1S/C13H20N2O2S/c1-3-11(13(16)17)15-6-4-5-10(7-15)12-14-9(2)8-18-12/h8,10-11H,3-7H2,1-2H3,(H,16,17). The number of piperidine rings is 1. The highest BCUT2D eigenvalue weighted by molar-refractivity contribution is 7.09. The topological polar surface area (TPSA) is 53.4 Å². The summed E-state index contributed by atoms with van der Waals surface area (Å²) in [5, 5.41) is 12.5. The molecule has 2 atom stereocenters. The lowest BCUT2D eigenvalue weighted by atomic mass is 9.96. The molecule has 100 valence electrons. The van der Waals surface area contributed by atoms with Gasteiger partial charge in [0.05, 0.1) is 5.01 Å². The first-order chi connectivity index (χ1) is 8.61. The Bertz CT molecular complexity index is 419. The predicted molar refractivity (Wildman–Crippen MR) is 72.1 cm³/mol. The summed E-state index contributed by atoms with van der Waals surface area (Å²) in [6.07, 6.45) is 2.85. The zero-order valence-corrected chi connectivity index (χ0v) is 11.7. The number of thiazole rings is 1. The van der Waals surface area contributed by atoms with E-state index in [9.17, 15) is 9.90 Å². The molecule has 5 heteroatoms. The zero-order valence-electron chi connectivity index (χ0n) is 10.9. The Hall–Kier alpha value is -0.940. The molecule has 0 amide bonds. The van der Waals surface area contributed by atoms with Crippen molar-refractivity contribution < 1.29 is 9.90 Å². The maximum Gasteiger partial charge on any atom is 0.320 e. The Morgan fingerprint density at radius 3 is 3.06 bits per heavy atom. The molecule has 2 rings (SSSR count). The van der Waals surface area contributed by atoms with Crippen molar-refractivity contribution in [3.05, 3.63) is 16.1 Å². The fourth-order valence-corrected chi connectivity index (χ4v) is 3.57. The molecule has 0 spiro atoms. The number of aromatic nitrogens is 1. The van der Waals surface area contributed by atoms with Crippen LogP contribution in [0.15, 0.2) is 5.38 Å². The van der Waals surface area contributed by atoms with Gasteiger partial charge in [0, 0.05) is 23.5 Å². The van der Waals surface area contributed by atoms with E-state index in [1.807, 2.05) is 13.8 Å². The van der Waals surface area contributed by atoms with Gasteiger partial charge in [0.15, 0.2) is 0 Å². The second kappa shape index (κ2) is 5.80. The van der Waals surface area contributed by atoms with Crippen LogP contribution in [0.3, 0.4) is 0 Å². The molecule has 2 heterocycles. The number of carboxylic acids is 1. The summed E-state index contributed by atoms with van der Waals surface area (Å²) in [4.78, 5) is 17.9. The Morgan fingerprint density at radius 1 is 1.72 bits per heavy atom. The Balaban J connectivity index is 2.06. The summed E-state index contributed by atoms with van der Waals surface area (Å²) < 4.78 is 0. The minimum atomic E-state index is -0.700.